The molecule has 1 aliphatic heterocycles. The third-order valence-electron chi connectivity index (χ3n) is 3.77. The van der Waals surface area contributed by atoms with Gasteiger partial charge in [0.1, 0.15) is 0 Å². The van der Waals surface area contributed by atoms with E-state index in [1.165, 1.54) is 4.90 Å². The summed E-state index contributed by atoms with van der Waals surface area (Å²) in [5.74, 6) is -0.901. The van der Waals surface area contributed by atoms with Gasteiger partial charge in [0, 0.05) is 19.6 Å². The van der Waals surface area contributed by atoms with E-state index in [0.29, 0.717) is 19.4 Å². The van der Waals surface area contributed by atoms with Gasteiger partial charge in [0.15, 0.2) is 9.84 Å². The summed E-state index contributed by atoms with van der Waals surface area (Å²) in [6, 6.07) is -0.400. The van der Waals surface area contributed by atoms with Crippen molar-refractivity contribution in [1.29, 1.82) is 0 Å². The quantitative estimate of drug-likeness (QED) is 0.778. The molecule has 0 aromatic heterocycles. The summed E-state index contributed by atoms with van der Waals surface area (Å²) < 4.78 is 22.9. The standard InChI is InChI=1S/C12H22N2O5S/c1-3-12(2,10(15)16)9-13-11(17)14-5-4-7-20(18,19)8-6-14/h3-9H2,1-2H3,(H,13,17)(H,15,16). The van der Waals surface area contributed by atoms with E-state index < -0.39 is 27.3 Å². The molecule has 1 saturated heterocycles. The molecule has 0 bridgehead atoms. The van der Waals surface area contributed by atoms with Crippen LogP contribution in [0.3, 0.4) is 0 Å². The van der Waals surface area contributed by atoms with Gasteiger partial charge in [-0.2, -0.15) is 0 Å². The number of hydrogen-bond acceptors (Lipinski definition) is 4. The van der Waals surface area contributed by atoms with Crippen LogP contribution in [-0.4, -0.2) is 61.6 Å². The maximum Gasteiger partial charge on any atom is 0.317 e. The van der Waals surface area contributed by atoms with Gasteiger partial charge in [0.05, 0.1) is 16.9 Å². The lowest BCUT2D eigenvalue weighted by molar-refractivity contribution is -0.147. The van der Waals surface area contributed by atoms with Gasteiger partial charge in [-0.1, -0.05) is 6.92 Å². The fraction of sp³-hybridized carbons (Fsp3) is 0.833. The fourth-order valence-corrected chi connectivity index (χ4v) is 3.15. The van der Waals surface area contributed by atoms with Crippen LogP contribution in [0.15, 0.2) is 0 Å². The highest BCUT2D eigenvalue weighted by Crippen LogP contribution is 2.20. The minimum Gasteiger partial charge on any atom is -0.481 e. The van der Waals surface area contributed by atoms with E-state index in [0.717, 1.165) is 0 Å². The molecule has 1 heterocycles. The maximum absolute atomic E-state index is 12.0. The molecule has 0 aromatic carbocycles. The van der Waals surface area contributed by atoms with Crippen LogP contribution < -0.4 is 5.32 Å². The van der Waals surface area contributed by atoms with Crippen LogP contribution in [0.2, 0.25) is 0 Å². The molecule has 20 heavy (non-hydrogen) atoms. The van der Waals surface area contributed by atoms with Crippen LogP contribution in [0, 0.1) is 5.41 Å². The van der Waals surface area contributed by atoms with Crippen molar-refractivity contribution in [2.24, 2.45) is 5.41 Å². The minimum atomic E-state index is -3.06. The molecular formula is C12H22N2O5S. The molecule has 1 rings (SSSR count). The molecule has 2 amide bonds. The van der Waals surface area contributed by atoms with Crippen LogP contribution in [0.1, 0.15) is 26.7 Å². The maximum atomic E-state index is 12.0. The summed E-state index contributed by atoms with van der Waals surface area (Å²) in [5.41, 5.74) is -1.01. The van der Waals surface area contributed by atoms with Crippen molar-refractivity contribution in [2.45, 2.75) is 26.7 Å². The number of urea groups is 1. The Balaban J connectivity index is 2.57. The number of nitrogens with zero attached hydrogens (tertiary/aromatic N) is 1. The van der Waals surface area contributed by atoms with Crippen molar-refractivity contribution in [2.75, 3.05) is 31.1 Å². The average molecular weight is 306 g/mol. The Morgan fingerprint density at radius 3 is 2.50 bits per heavy atom. The molecule has 1 fully saturated rings. The predicted molar refractivity (Wildman–Crippen MR) is 74.3 cm³/mol. The second kappa shape index (κ2) is 6.43. The van der Waals surface area contributed by atoms with Crippen LogP contribution >= 0.6 is 0 Å². The molecule has 1 aliphatic rings. The first-order valence-electron chi connectivity index (χ1n) is 6.67. The van der Waals surface area contributed by atoms with Crippen LogP contribution in [0.5, 0.6) is 0 Å². The summed E-state index contributed by atoms with van der Waals surface area (Å²) in [6.45, 7) is 3.88. The Kier molecular flexibility index (Phi) is 5.38. The SMILES string of the molecule is CCC(C)(CNC(=O)N1CCCS(=O)(=O)CC1)C(=O)O. The number of rotatable bonds is 4. The molecule has 2 N–H and O–H groups in total. The third kappa shape index (κ3) is 4.36. The number of carboxylic acid groups (broad SMARTS) is 1. The Morgan fingerprint density at radius 1 is 1.30 bits per heavy atom. The molecule has 7 nitrogen and oxygen atoms in total. The van der Waals surface area contributed by atoms with Gasteiger partial charge < -0.3 is 15.3 Å². The first-order valence-corrected chi connectivity index (χ1v) is 8.49. The lowest BCUT2D eigenvalue weighted by Crippen LogP contribution is -2.47. The molecule has 0 aliphatic carbocycles. The predicted octanol–water partition coefficient (Wildman–Crippen LogP) is 0.317. The first kappa shape index (κ1) is 16.7. The highest BCUT2D eigenvalue weighted by atomic mass is 32.2. The summed E-state index contributed by atoms with van der Waals surface area (Å²) in [4.78, 5) is 24.5. The number of carboxylic acids is 1. The van der Waals surface area contributed by atoms with E-state index in [-0.39, 0.29) is 24.6 Å². The molecule has 8 heteroatoms. The number of carbonyl (C=O) groups excluding carboxylic acids is 1. The van der Waals surface area contributed by atoms with Gasteiger partial charge in [-0.05, 0) is 19.8 Å². The zero-order chi connectivity index (χ0) is 15.4. The Morgan fingerprint density at radius 2 is 1.95 bits per heavy atom. The van der Waals surface area contributed by atoms with Crippen molar-refractivity contribution >= 4 is 21.8 Å². The third-order valence-corrected chi connectivity index (χ3v) is 5.48. The summed E-state index contributed by atoms with van der Waals surface area (Å²) >= 11 is 0. The van der Waals surface area contributed by atoms with E-state index in [1.54, 1.807) is 13.8 Å². The van der Waals surface area contributed by atoms with Crippen molar-refractivity contribution < 1.29 is 23.1 Å². The molecule has 0 radical (unpaired) electrons. The second-order valence-electron chi connectivity index (χ2n) is 5.37. The Labute approximate surface area is 119 Å². The van der Waals surface area contributed by atoms with Gasteiger partial charge in [-0.15, -0.1) is 0 Å². The topological polar surface area (TPSA) is 104 Å². The number of nitrogens with one attached hydrogen (secondary N) is 1. The van der Waals surface area contributed by atoms with E-state index in [4.69, 9.17) is 5.11 Å². The summed E-state index contributed by atoms with van der Waals surface area (Å²) in [5, 5.41) is 11.7. The number of sulfone groups is 1. The van der Waals surface area contributed by atoms with Crippen LogP contribution in [-0.2, 0) is 14.6 Å². The van der Waals surface area contributed by atoms with Gasteiger partial charge in [-0.3, -0.25) is 4.79 Å². The number of aliphatic carboxylic acids is 1. The first-order chi connectivity index (χ1) is 9.20. The highest BCUT2D eigenvalue weighted by Gasteiger charge is 2.32. The highest BCUT2D eigenvalue weighted by molar-refractivity contribution is 7.91. The van der Waals surface area contributed by atoms with E-state index in [9.17, 15) is 18.0 Å². The largest absolute Gasteiger partial charge is 0.481 e. The summed E-state index contributed by atoms with van der Waals surface area (Å²) in [6.07, 6.45) is 0.816. The summed E-state index contributed by atoms with van der Waals surface area (Å²) in [7, 11) is -3.06. The molecular weight excluding hydrogens is 284 g/mol. The molecule has 116 valence electrons. The second-order valence-corrected chi connectivity index (χ2v) is 7.67. The lowest BCUT2D eigenvalue weighted by atomic mass is 9.88. The van der Waals surface area contributed by atoms with Gasteiger partial charge in [0.2, 0.25) is 0 Å². The number of hydrogen-bond donors (Lipinski definition) is 2. The number of carbonyl (C=O) groups is 2. The van der Waals surface area contributed by atoms with Gasteiger partial charge >= 0.3 is 12.0 Å². The van der Waals surface area contributed by atoms with Gasteiger partial charge in [0.25, 0.3) is 0 Å². The zero-order valence-electron chi connectivity index (χ0n) is 11.9. The van der Waals surface area contributed by atoms with E-state index >= 15 is 0 Å². The van der Waals surface area contributed by atoms with Crippen LogP contribution in [0.4, 0.5) is 4.79 Å². The molecule has 0 saturated carbocycles. The van der Waals surface area contributed by atoms with Crippen molar-refractivity contribution in [3.05, 3.63) is 0 Å². The van der Waals surface area contributed by atoms with E-state index in [2.05, 4.69) is 5.32 Å². The fourth-order valence-electron chi connectivity index (χ4n) is 1.88. The van der Waals surface area contributed by atoms with Crippen molar-refractivity contribution in [3.8, 4) is 0 Å². The molecule has 0 aromatic rings. The van der Waals surface area contributed by atoms with Crippen molar-refractivity contribution in [3.63, 3.8) is 0 Å². The van der Waals surface area contributed by atoms with Gasteiger partial charge in [-0.25, -0.2) is 13.2 Å². The number of amides is 2. The normalized spacial score (nSPS) is 21.6. The minimum absolute atomic E-state index is 0.0287. The Bertz CT molecular complexity index is 476. The van der Waals surface area contributed by atoms with Crippen LogP contribution in [0.25, 0.3) is 0 Å². The lowest BCUT2D eigenvalue weighted by Gasteiger charge is -2.26. The smallest absolute Gasteiger partial charge is 0.317 e. The average Bonchev–Trinajstić information content (AvgIpc) is 2.56. The zero-order valence-corrected chi connectivity index (χ0v) is 12.7. The van der Waals surface area contributed by atoms with E-state index in [1.807, 2.05) is 0 Å². The van der Waals surface area contributed by atoms with Crippen molar-refractivity contribution in [1.82, 2.24) is 10.2 Å². The molecule has 0 spiro atoms. The molecule has 1 unspecified atom stereocenters. The monoisotopic (exact) mass is 306 g/mol. The molecule has 1 atom stereocenters. The Hall–Kier alpha value is -1.31.